The summed E-state index contributed by atoms with van der Waals surface area (Å²) < 4.78 is 0. The monoisotopic (exact) mass is 231 g/mol. The lowest BCUT2D eigenvalue weighted by atomic mass is 9.77. The molecule has 3 heteroatoms. The van der Waals surface area contributed by atoms with Crippen molar-refractivity contribution < 1.29 is 0 Å². The Morgan fingerprint density at radius 3 is 2.36 bits per heavy atom. The van der Waals surface area contributed by atoms with Gasteiger partial charge in [0.05, 0.1) is 5.02 Å². The van der Waals surface area contributed by atoms with Crippen LogP contribution in [0.2, 0.25) is 5.02 Å². The molecule has 0 aliphatic heterocycles. The molecule has 1 aromatic heterocycles. The summed E-state index contributed by atoms with van der Waals surface area (Å²) in [6.45, 7) is 8.80. The molecule has 80 valence electrons. The topological polar surface area (TPSA) is 26.0 Å². The molecule has 0 radical (unpaired) electrons. The van der Waals surface area contributed by atoms with E-state index in [1.165, 1.54) is 0 Å². The van der Waals surface area contributed by atoms with Crippen molar-refractivity contribution in [1.82, 2.24) is 0 Å². The zero-order valence-corrected chi connectivity index (χ0v) is 10.7. The smallest absolute Gasteiger partial charge is 0.0561 e. The summed E-state index contributed by atoms with van der Waals surface area (Å²) >= 11 is 7.70. The third kappa shape index (κ3) is 2.50. The normalized spacial score (nSPS) is 16.7. The zero-order valence-electron chi connectivity index (χ0n) is 9.17. The van der Waals surface area contributed by atoms with Crippen LogP contribution >= 0.6 is 22.9 Å². The highest BCUT2D eigenvalue weighted by Crippen LogP contribution is 2.38. The number of nitrogens with two attached hydrogens (primary N) is 1. The molecule has 0 bridgehead atoms. The summed E-state index contributed by atoms with van der Waals surface area (Å²) in [5, 5.41) is 2.80. The fraction of sp³-hybridized carbons (Fsp3) is 0.636. The van der Waals surface area contributed by atoms with Crippen LogP contribution in [-0.4, -0.2) is 0 Å². The Morgan fingerprint density at radius 2 is 2.00 bits per heavy atom. The van der Waals surface area contributed by atoms with Crippen molar-refractivity contribution in [2.75, 3.05) is 0 Å². The first-order chi connectivity index (χ1) is 6.34. The summed E-state index contributed by atoms with van der Waals surface area (Å²) in [5.41, 5.74) is 6.41. The Balaban J connectivity index is 2.86. The molecule has 0 aromatic carbocycles. The molecule has 1 heterocycles. The van der Waals surface area contributed by atoms with Crippen molar-refractivity contribution in [2.24, 2.45) is 17.1 Å². The Hall–Kier alpha value is -0.0500. The van der Waals surface area contributed by atoms with Crippen LogP contribution < -0.4 is 5.73 Å². The van der Waals surface area contributed by atoms with Crippen molar-refractivity contribution in [3.8, 4) is 0 Å². The summed E-state index contributed by atoms with van der Waals surface area (Å²) in [5.74, 6) is 0.415. The minimum absolute atomic E-state index is 0.0440. The maximum absolute atomic E-state index is 6.20. The van der Waals surface area contributed by atoms with Gasteiger partial charge in [0, 0.05) is 10.9 Å². The molecule has 1 nitrogen and oxygen atoms in total. The number of hydrogen-bond acceptors (Lipinski definition) is 2. The van der Waals surface area contributed by atoms with Crippen molar-refractivity contribution in [1.29, 1.82) is 0 Å². The van der Waals surface area contributed by atoms with Crippen LogP contribution in [0.1, 0.15) is 38.6 Å². The van der Waals surface area contributed by atoms with Gasteiger partial charge in [-0.15, -0.1) is 11.3 Å². The van der Waals surface area contributed by atoms with E-state index in [-0.39, 0.29) is 11.5 Å². The lowest BCUT2D eigenvalue weighted by Crippen LogP contribution is -2.29. The van der Waals surface area contributed by atoms with Gasteiger partial charge in [-0.1, -0.05) is 39.3 Å². The maximum Gasteiger partial charge on any atom is 0.0561 e. The molecular formula is C11H18ClNS. The van der Waals surface area contributed by atoms with Crippen LogP contribution in [0.4, 0.5) is 0 Å². The molecule has 2 atom stereocenters. The predicted octanol–water partition coefficient (Wildman–Crippen LogP) is 4.08. The molecule has 0 saturated heterocycles. The van der Waals surface area contributed by atoms with Crippen molar-refractivity contribution >= 4 is 22.9 Å². The van der Waals surface area contributed by atoms with E-state index in [2.05, 4.69) is 27.7 Å². The minimum atomic E-state index is 0.0440. The summed E-state index contributed by atoms with van der Waals surface area (Å²) in [6.07, 6.45) is 0. The van der Waals surface area contributed by atoms with Crippen molar-refractivity contribution in [3.63, 3.8) is 0 Å². The molecule has 14 heavy (non-hydrogen) atoms. The molecule has 0 aliphatic rings. The quantitative estimate of drug-likeness (QED) is 0.816. The van der Waals surface area contributed by atoms with E-state index in [1.807, 2.05) is 11.4 Å². The lowest BCUT2D eigenvalue weighted by Gasteiger charge is -2.31. The molecule has 0 fully saturated rings. The van der Waals surface area contributed by atoms with E-state index in [4.69, 9.17) is 17.3 Å². The molecule has 0 spiro atoms. The fourth-order valence-electron chi connectivity index (χ4n) is 1.31. The predicted molar refractivity (Wildman–Crippen MR) is 64.9 cm³/mol. The molecule has 0 amide bonds. The second-order valence-corrected chi connectivity index (χ2v) is 6.17. The second-order valence-electron chi connectivity index (χ2n) is 4.81. The van der Waals surface area contributed by atoms with Gasteiger partial charge in [-0.3, -0.25) is 0 Å². The number of hydrogen-bond donors (Lipinski definition) is 1. The summed E-state index contributed by atoms with van der Waals surface area (Å²) in [6, 6.07) is 1.96. The van der Waals surface area contributed by atoms with E-state index in [1.54, 1.807) is 11.3 Å². The van der Waals surface area contributed by atoms with Gasteiger partial charge in [-0.2, -0.15) is 0 Å². The molecule has 0 aliphatic carbocycles. The first-order valence-corrected chi connectivity index (χ1v) is 6.08. The molecule has 1 aromatic rings. The molecule has 2 unspecified atom stereocenters. The van der Waals surface area contributed by atoms with E-state index in [0.29, 0.717) is 5.92 Å². The molecular weight excluding hydrogens is 214 g/mol. The second kappa shape index (κ2) is 4.21. The van der Waals surface area contributed by atoms with Gasteiger partial charge in [-0.25, -0.2) is 0 Å². The van der Waals surface area contributed by atoms with Gasteiger partial charge in [0.25, 0.3) is 0 Å². The Labute approximate surface area is 95.3 Å². The van der Waals surface area contributed by atoms with Crippen LogP contribution in [0.3, 0.4) is 0 Å². The summed E-state index contributed by atoms with van der Waals surface area (Å²) in [4.78, 5) is 1.11. The van der Waals surface area contributed by atoms with Gasteiger partial charge < -0.3 is 5.73 Å². The zero-order chi connectivity index (χ0) is 10.9. The molecule has 1 rings (SSSR count). The van der Waals surface area contributed by atoms with Crippen molar-refractivity contribution in [2.45, 2.75) is 33.7 Å². The van der Waals surface area contributed by atoms with Gasteiger partial charge >= 0.3 is 0 Å². The third-order valence-corrected chi connectivity index (χ3v) is 4.31. The van der Waals surface area contributed by atoms with Gasteiger partial charge in [0.15, 0.2) is 0 Å². The number of thiophene rings is 1. The van der Waals surface area contributed by atoms with Crippen LogP contribution in [0.25, 0.3) is 0 Å². The largest absolute Gasteiger partial charge is 0.323 e. The highest BCUT2D eigenvalue weighted by molar-refractivity contribution is 7.10. The minimum Gasteiger partial charge on any atom is -0.323 e. The van der Waals surface area contributed by atoms with E-state index >= 15 is 0 Å². The lowest BCUT2D eigenvalue weighted by molar-refractivity contribution is 0.224. The van der Waals surface area contributed by atoms with Gasteiger partial charge in [0.2, 0.25) is 0 Å². The first kappa shape index (κ1) is 12.0. The fourth-order valence-corrected chi connectivity index (χ4v) is 2.60. The van der Waals surface area contributed by atoms with Crippen LogP contribution in [-0.2, 0) is 0 Å². The third-order valence-electron chi connectivity index (χ3n) is 2.85. The van der Waals surface area contributed by atoms with E-state index in [9.17, 15) is 0 Å². The van der Waals surface area contributed by atoms with E-state index in [0.717, 1.165) is 9.90 Å². The average Bonchev–Trinajstić information content (AvgIpc) is 2.47. The van der Waals surface area contributed by atoms with Crippen molar-refractivity contribution in [3.05, 3.63) is 21.3 Å². The van der Waals surface area contributed by atoms with Crippen LogP contribution in [0.15, 0.2) is 11.4 Å². The molecule has 2 N–H and O–H groups in total. The Morgan fingerprint density at radius 1 is 1.43 bits per heavy atom. The summed E-state index contributed by atoms with van der Waals surface area (Å²) in [7, 11) is 0. The first-order valence-electron chi connectivity index (χ1n) is 4.82. The average molecular weight is 232 g/mol. The highest BCUT2D eigenvalue weighted by atomic mass is 35.5. The SMILES string of the molecule is CC(C(N)c1sccc1Cl)C(C)(C)C. The van der Waals surface area contributed by atoms with Crippen LogP contribution in [0.5, 0.6) is 0 Å². The Bertz CT molecular complexity index is 300. The Kier molecular flexibility index (Phi) is 3.62. The number of rotatable bonds is 2. The molecule has 0 saturated carbocycles. The standard InChI is InChI=1S/C11H18ClNS/c1-7(11(2,3)4)9(13)10-8(12)5-6-14-10/h5-7,9H,13H2,1-4H3. The van der Waals surface area contributed by atoms with E-state index < -0.39 is 0 Å². The van der Waals surface area contributed by atoms with Gasteiger partial charge in [-0.05, 0) is 22.8 Å². The highest BCUT2D eigenvalue weighted by Gasteiger charge is 2.28. The maximum atomic E-state index is 6.20. The number of halogens is 1. The van der Waals surface area contributed by atoms with Gasteiger partial charge in [0.1, 0.15) is 0 Å². The van der Waals surface area contributed by atoms with Crippen LogP contribution in [0, 0.1) is 11.3 Å².